The molecule has 2 amide bonds. The fraction of sp³-hybridized carbons (Fsp3) is 0.263. The number of nitrogens with one attached hydrogen (secondary N) is 2. The van der Waals surface area contributed by atoms with Crippen molar-refractivity contribution in [2.75, 3.05) is 24.4 Å². The number of anilines is 2. The Morgan fingerprint density at radius 1 is 1.04 bits per heavy atom. The summed E-state index contributed by atoms with van der Waals surface area (Å²) in [6, 6.07) is 11.0. The largest absolute Gasteiger partial charge is 0.375 e. The van der Waals surface area contributed by atoms with Crippen LogP contribution in [0, 0.1) is 13.8 Å². The van der Waals surface area contributed by atoms with Crippen LogP contribution in [0.2, 0.25) is 5.02 Å². The zero-order valence-electron chi connectivity index (χ0n) is 14.5. The molecule has 132 valence electrons. The first kappa shape index (κ1) is 19.0. The quantitative estimate of drug-likeness (QED) is 0.824. The molecule has 2 N–H and O–H groups in total. The normalized spacial score (nSPS) is 10.4. The Kier molecular flexibility index (Phi) is 6.56. The third kappa shape index (κ3) is 5.59. The highest BCUT2D eigenvalue weighted by Crippen LogP contribution is 2.25. The molecule has 6 heteroatoms. The number of hydrogen-bond donors (Lipinski definition) is 2. The van der Waals surface area contributed by atoms with Crippen molar-refractivity contribution < 1.29 is 14.3 Å². The zero-order valence-corrected chi connectivity index (χ0v) is 15.2. The molecular formula is C19H21ClN2O3. The van der Waals surface area contributed by atoms with Gasteiger partial charge in [0.1, 0.15) is 6.61 Å². The number of carbonyl (C=O) groups excluding carboxylic acids is 2. The van der Waals surface area contributed by atoms with E-state index in [1.54, 1.807) is 18.2 Å². The van der Waals surface area contributed by atoms with Crippen molar-refractivity contribution in [2.45, 2.75) is 20.3 Å². The number of amides is 2. The molecule has 0 aliphatic carbocycles. The van der Waals surface area contributed by atoms with Crippen molar-refractivity contribution in [2.24, 2.45) is 0 Å². The Bertz CT molecular complexity index is 790. The molecule has 0 aliphatic heterocycles. The van der Waals surface area contributed by atoms with Crippen LogP contribution in [0.25, 0.3) is 0 Å². The van der Waals surface area contributed by atoms with Crippen LogP contribution in [-0.4, -0.2) is 25.5 Å². The molecule has 0 saturated carbocycles. The van der Waals surface area contributed by atoms with Crippen LogP contribution in [0.15, 0.2) is 36.4 Å². The molecule has 0 heterocycles. The summed E-state index contributed by atoms with van der Waals surface area (Å²) < 4.78 is 4.75. The van der Waals surface area contributed by atoms with Crippen LogP contribution in [0.3, 0.4) is 0 Å². The topological polar surface area (TPSA) is 67.4 Å². The zero-order chi connectivity index (χ0) is 18.4. The molecule has 0 saturated heterocycles. The molecule has 0 fully saturated rings. The summed E-state index contributed by atoms with van der Waals surface area (Å²) in [6.07, 6.45) is 0.289. The summed E-state index contributed by atoms with van der Waals surface area (Å²) in [5.74, 6) is -0.419. The van der Waals surface area contributed by atoms with E-state index >= 15 is 0 Å². The third-order valence-corrected chi connectivity index (χ3v) is 3.97. The van der Waals surface area contributed by atoms with Crippen molar-refractivity contribution in [1.82, 2.24) is 0 Å². The highest BCUT2D eigenvalue weighted by Gasteiger charge is 2.10. The van der Waals surface area contributed by atoms with Crippen molar-refractivity contribution in [1.29, 1.82) is 0 Å². The van der Waals surface area contributed by atoms with Crippen LogP contribution in [0.1, 0.15) is 16.7 Å². The van der Waals surface area contributed by atoms with Crippen LogP contribution < -0.4 is 10.6 Å². The highest BCUT2D eigenvalue weighted by molar-refractivity contribution is 6.34. The van der Waals surface area contributed by atoms with Gasteiger partial charge in [0.05, 0.1) is 17.1 Å². The molecule has 25 heavy (non-hydrogen) atoms. The predicted molar refractivity (Wildman–Crippen MR) is 100 cm³/mol. The number of benzene rings is 2. The molecule has 0 bridgehead atoms. The number of halogens is 1. The van der Waals surface area contributed by atoms with Gasteiger partial charge in [-0.2, -0.15) is 0 Å². The van der Waals surface area contributed by atoms with E-state index in [0.29, 0.717) is 16.4 Å². The first-order chi connectivity index (χ1) is 11.9. The van der Waals surface area contributed by atoms with Crippen molar-refractivity contribution >= 4 is 34.8 Å². The SMILES string of the molecule is COCC(=O)Nc1ccc(NC(=O)Cc2cc(C)ccc2C)cc1Cl. The van der Waals surface area contributed by atoms with Gasteiger partial charge in [0.15, 0.2) is 0 Å². The predicted octanol–water partition coefficient (Wildman–Crippen LogP) is 3.72. The molecule has 0 unspecified atom stereocenters. The number of methoxy groups -OCH3 is 1. The molecule has 0 aromatic heterocycles. The molecule has 0 aliphatic rings. The summed E-state index contributed by atoms with van der Waals surface area (Å²) in [4.78, 5) is 23.8. The maximum atomic E-state index is 12.3. The summed E-state index contributed by atoms with van der Waals surface area (Å²) in [6.45, 7) is 3.93. The number of ether oxygens (including phenoxy) is 1. The van der Waals surface area contributed by atoms with Gasteiger partial charge in [0.2, 0.25) is 11.8 Å². The van der Waals surface area contributed by atoms with E-state index in [4.69, 9.17) is 16.3 Å². The third-order valence-electron chi connectivity index (χ3n) is 3.66. The fourth-order valence-corrected chi connectivity index (χ4v) is 2.61. The molecule has 2 aromatic carbocycles. The first-order valence-corrected chi connectivity index (χ1v) is 8.21. The van der Waals surface area contributed by atoms with E-state index in [-0.39, 0.29) is 24.8 Å². The average molecular weight is 361 g/mol. The molecule has 2 rings (SSSR count). The molecule has 2 aromatic rings. The standard InChI is InChI=1S/C19H21ClN2O3/c1-12-4-5-13(2)14(8-12)9-18(23)21-15-6-7-17(16(20)10-15)22-19(24)11-25-3/h4-8,10H,9,11H2,1-3H3,(H,21,23)(H,22,24). The van der Waals surface area contributed by atoms with Crippen molar-refractivity contribution in [3.8, 4) is 0 Å². The van der Waals surface area contributed by atoms with Gasteiger partial charge >= 0.3 is 0 Å². The maximum absolute atomic E-state index is 12.3. The number of aryl methyl sites for hydroxylation is 2. The summed E-state index contributed by atoms with van der Waals surface area (Å²) in [5.41, 5.74) is 4.23. The van der Waals surface area contributed by atoms with Gasteiger partial charge in [-0.05, 0) is 43.2 Å². The summed E-state index contributed by atoms with van der Waals surface area (Å²) >= 11 is 6.16. The van der Waals surface area contributed by atoms with Crippen LogP contribution in [-0.2, 0) is 20.7 Å². The van der Waals surface area contributed by atoms with Gasteiger partial charge < -0.3 is 15.4 Å². The second kappa shape index (κ2) is 8.65. The van der Waals surface area contributed by atoms with Crippen LogP contribution >= 0.6 is 11.6 Å². The van der Waals surface area contributed by atoms with E-state index in [1.165, 1.54) is 7.11 Å². The van der Waals surface area contributed by atoms with E-state index in [0.717, 1.165) is 16.7 Å². The lowest BCUT2D eigenvalue weighted by Crippen LogP contribution is -2.18. The molecule has 5 nitrogen and oxygen atoms in total. The van der Waals surface area contributed by atoms with Gasteiger partial charge in [-0.1, -0.05) is 35.4 Å². The molecule has 0 radical (unpaired) electrons. The van der Waals surface area contributed by atoms with Crippen LogP contribution in [0.5, 0.6) is 0 Å². The van der Waals surface area contributed by atoms with Crippen LogP contribution in [0.4, 0.5) is 11.4 Å². The lowest BCUT2D eigenvalue weighted by Gasteiger charge is -2.11. The lowest BCUT2D eigenvalue weighted by atomic mass is 10.0. The Morgan fingerprint density at radius 2 is 1.80 bits per heavy atom. The average Bonchev–Trinajstić information content (AvgIpc) is 2.54. The Balaban J connectivity index is 2.02. The fourth-order valence-electron chi connectivity index (χ4n) is 2.38. The Labute approximate surface area is 152 Å². The van der Waals surface area contributed by atoms with Gasteiger partial charge in [-0.15, -0.1) is 0 Å². The van der Waals surface area contributed by atoms with E-state index in [9.17, 15) is 9.59 Å². The Morgan fingerprint density at radius 3 is 2.48 bits per heavy atom. The minimum Gasteiger partial charge on any atom is -0.375 e. The maximum Gasteiger partial charge on any atom is 0.250 e. The van der Waals surface area contributed by atoms with Crippen molar-refractivity contribution in [3.05, 3.63) is 58.1 Å². The summed E-state index contributed by atoms with van der Waals surface area (Å²) in [5, 5.41) is 5.80. The number of hydrogen-bond acceptors (Lipinski definition) is 3. The van der Waals surface area contributed by atoms with Gasteiger partial charge in [0.25, 0.3) is 0 Å². The molecule has 0 spiro atoms. The minimum absolute atomic E-state index is 0.0509. The molecular weight excluding hydrogens is 340 g/mol. The lowest BCUT2D eigenvalue weighted by molar-refractivity contribution is -0.119. The molecule has 0 atom stereocenters. The van der Waals surface area contributed by atoms with E-state index < -0.39 is 0 Å². The summed E-state index contributed by atoms with van der Waals surface area (Å²) in [7, 11) is 1.44. The second-order valence-corrected chi connectivity index (χ2v) is 6.24. The Hall–Kier alpha value is -2.37. The van der Waals surface area contributed by atoms with Crippen molar-refractivity contribution in [3.63, 3.8) is 0 Å². The first-order valence-electron chi connectivity index (χ1n) is 7.83. The number of carbonyl (C=O) groups is 2. The number of rotatable bonds is 6. The van der Waals surface area contributed by atoms with Gasteiger partial charge in [-0.25, -0.2) is 0 Å². The smallest absolute Gasteiger partial charge is 0.250 e. The second-order valence-electron chi connectivity index (χ2n) is 5.83. The monoisotopic (exact) mass is 360 g/mol. The highest BCUT2D eigenvalue weighted by atomic mass is 35.5. The van der Waals surface area contributed by atoms with E-state index in [2.05, 4.69) is 10.6 Å². The van der Waals surface area contributed by atoms with E-state index in [1.807, 2.05) is 32.0 Å². The minimum atomic E-state index is -0.295. The van der Waals surface area contributed by atoms with Gasteiger partial charge in [-0.3, -0.25) is 9.59 Å². The van der Waals surface area contributed by atoms with Gasteiger partial charge in [0, 0.05) is 12.8 Å².